The summed E-state index contributed by atoms with van der Waals surface area (Å²) in [5, 5.41) is 11.9. The van der Waals surface area contributed by atoms with Crippen LogP contribution in [0.25, 0.3) is 5.76 Å². The molecule has 1 aliphatic rings. The second-order valence-electron chi connectivity index (χ2n) is 4.56. The summed E-state index contributed by atoms with van der Waals surface area (Å²) in [5.41, 5.74) is 2.18. The average molecular weight is 318 g/mol. The van der Waals surface area contributed by atoms with Crippen LogP contribution in [0.3, 0.4) is 0 Å². The number of carbonyl (C=O) groups is 1. The maximum Gasteiger partial charge on any atom is 0.225 e. The topological polar surface area (TPSA) is 53.9 Å². The van der Waals surface area contributed by atoms with E-state index in [0.29, 0.717) is 11.1 Å². The molecule has 0 heterocycles. The molecule has 2 aromatic rings. The van der Waals surface area contributed by atoms with Gasteiger partial charge in [0.05, 0.1) is 0 Å². The van der Waals surface area contributed by atoms with Crippen molar-refractivity contribution in [1.82, 2.24) is 0 Å². The SMILES string of the molecule is O=C1c2ccccc2C(O)=CC1[NH2+]c1ccccc1.[Zn]. The van der Waals surface area contributed by atoms with Crippen LogP contribution >= 0.6 is 0 Å². The third kappa shape index (κ3) is 2.72. The van der Waals surface area contributed by atoms with Crippen LogP contribution in [-0.4, -0.2) is 16.9 Å². The van der Waals surface area contributed by atoms with E-state index in [1.807, 2.05) is 47.8 Å². The van der Waals surface area contributed by atoms with E-state index in [2.05, 4.69) is 0 Å². The van der Waals surface area contributed by atoms with Crippen LogP contribution in [0.15, 0.2) is 60.7 Å². The monoisotopic (exact) mass is 316 g/mol. The van der Waals surface area contributed by atoms with Crippen LogP contribution in [0, 0.1) is 0 Å². The smallest absolute Gasteiger partial charge is 0.225 e. The van der Waals surface area contributed by atoms with E-state index >= 15 is 0 Å². The zero-order valence-corrected chi connectivity index (χ0v) is 14.0. The molecule has 0 aromatic heterocycles. The molecule has 0 aliphatic heterocycles. The Bertz CT molecular complexity index is 653. The fraction of sp³-hybridized carbons (Fsp3) is 0.0625. The predicted octanol–water partition coefficient (Wildman–Crippen LogP) is 2.04. The number of benzene rings is 2. The van der Waals surface area contributed by atoms with Gasteiger partial charge in [-0.2, -0.15) is 0 Å². The Kier molecular flexibility index (Phi) is 4.48. The molecule has 0 radical (unpaired) electrons. The number of fused-ring (bicyclic) bond motifs is 1. The molecule has 0 fully saturated rings. The van der Waals surface area contributed by atoms with Gasteiger partial charge in [0.15, 0.2) is 6.04 Å². The quantitative estimate of drug-likeness (QED) is 0.658. The molecule has 1 aliphatic carbocycles. The first-order chi connectivity index (χ1) is 9.25. The molecule has 0 spiro atoms. The fourth-order valence-corrected chi connectivity index (χ4v) is 2.33. The van der Waals surface area contributed by atoms with Gasteiger partial charge in [0, 0.05) is 36.7 Å². The number of aliphatic hydroxyl groups excluding tert-OH is 1. The molecule has 0 bridgehead atoms. The van der Waals surface area contributed by atoms with Crippen molar-refractivity contribution in [3.63, 3.8) is 0 Å². The molecule has 1 atom stereocenters. The van der Waals surface area contributed by atoms with Crippen molar-refractivity contribution in [2.45, 2.75) is 6.04 Å². The number of hydrogen-bond acceptors (Lipinski definition) is 2. The Balaban J connectivity index is 0.00000147. The van der Waals surface area contributed by atoms with Gasteiger partial charge in [0.2, 0.25) is 5.78 Å². The van der Waals surface area contributed by atoms with E-state index in [9.17, 15) is 9.90 Å². The number of nitrogens with two attached hydrogens (primary N) is 1. The predicted molar refractivity (Wildman–Crippen MR) is 73.2 cm³/mol. The van der Waals surface area contributed by atoms with E-state index in [0.717, 1.165) is 5.69 Å². The molecule has 2 aromatic carbocycles. The normalized spacial score (nSPS) is 16.9. The van der Waals surface area contributed by atoms with Crippen molar-refractivity contribution in [2.24, 2.45) is 0 Å². The number of carbonyl (C=O) groups excluding carboxylic acids is 1. The molecule has 1 unspecified atom stereocenters. The van der Waals surface area contributed by atoms with Gasteiger partial charge < -0.3 is 10.4 Å². The zero-order chi connectivity index (χ0) is 13.2. The first-order valence-electron chi connectivity index (χ1n) is 6.20. The van der Waals surface area contributed by atoms with E-state index in [4.69, 9.17) is 0 Å². The van der Waals surface area contributed by atoms with Crippen LogP contribution < -0.4 is 5.32 Å². The van der Waals surface area contributed by atoms with Crippen molar-refractivity contribution >= 4 is 17.2 Å². The number of aliphatic hydroxyl groups is 1. The minimum atomic E-state index is -0.405. The van der Waals surface area contributed by atoms with Crippen LogP contribution in [0.4, 0.5) is 5.69 Å². The third-order valence-electron chi connectivity index (χ3n) is 3.28. The Morgan fingerprint density at radius 1 is 0.900 bits per heavy atom. The molecular formula is C16H14NO2Zn+. The number of quaternary nitrogens is 1. The van der Waals surface area contributed by atoms with Gasteiger partial charge in [0.25, 0.3) is 0 Å². The Labute approximate surface area is 130 Å². The maximum atomic E-state index is 12.4. The first-order valence-corrected chi connectivity index (χ1v) is 6.20. The van der Waals surface area contributed by atoms with Crippen LogP contribution in [0.2, 0.25) is 0 Å². The van der Waals surface area contributed by atoms with Crippen LogP contribution in [0.5, 0.6) is 0 Å². The van der Waals surface area contributed by atoms with E-state index in [1.165, 1.54) is 0 Å². The van der Waals surface area contributed by atoms with E-state index in [-0.39, 0.29) is 31.0 Å². The number of hydrogen-bond donors (Lipinski definition) is 2. The van der Waals surface area contributed by atoms with Crippen LogP contribution in [0.1, 0.15) is 15.9 Å². The van der Waals surface area contributed by atoms with Crippen molar-refractivity contribution in [3.8, 4) is 0 Å². The second kappa shape index (κ2) is 6.12. The van der Waals surface area contributed by atoms with Crippen molar-refractivity contribution < 1.29 is 34.7 Å². The van der Waals surface area contributed by atoms with Gasteiger partial charge in [-0.3, -0.25) is 4.79 Å². The minimum Gasteiger partial charge on any atom is -0.507 e. The van der Waals surface area contributed by atoms with Gasteiger partial charge in [-0.1, -0.05) is 42.5 Å². The van der Waals surface area contributed by atoms with Crippen LogP contribution in [-0.2, 0) is 19.5 Å². The summed E-state index contributed by atoms with van der Waals surface area (Å²) >= 11 is 0. The van der Waals surface area contributed by atoms with Gasteiger partial charge in [-0.25, -0.2) is 0 Å². The number of ketones is 1. The Hall–Kier alpha value is -1.77. The van der Waals surface area contributed by atoms with E-state index < -0.39 is 6.04 Å². The van der Waals surface area contributed by atoms with Crippen molar-refractivity contribution in [2.75, 3.05) is 0 Å². The second-order valence-corrected chi connectivity index (χ2v) is 4.56. The first kappa shape index (κ1) is 14.6. The summed E-state index contributed by atoms with van der Waals surface area (Å²) in [7, 11) is 0. The summed E-state index contributed by atoms with van der Waals surface area (Å²) < 4.78 is 0. The van der Waals surface area contributed by atoms with Gasteiger partial charge in [0.1, 0.15) is 11.4 Å². The standard InChI is InChI=1S/C16H13NO2.Zn/c18-15-10-14(17-11-6-2-1-3-7-11)16(19)13-9-5-4-8-12(13)15;/h1-10,14,17-18H;/p+1. The zero-order valence-electron chi connectivity index (χ0n) is 11.0. The van der Waals surface area contributed by atoms with Gasteiger partial charge in [-0.05, 0) is 12.1 Å². The summed E-state index contributed by atoms with van der Waals surface area (Å²) in [6, 6.07) is 16.4. The maximum absolute atomic E-state index is 12.4. The molecule has 20 heavy (non-hydrogen) atoms. The van der Waals surface area contributed by atoms with Gasteiger partial charge in [-0.15, -0.1) is 0 Å². The molecular weight excluding hydrogens is 304 g/mol. The fourth-order valence-electron chi connectivity index (χ4n) is 2.33. The van der Waals surface area contributed by atoms with Crippen molar-refractivity contribution in [3.05, 3.63) is 71.8 Å². The van der Waals surface area contributed by atoms with E-state index in [1.54, 1.807) is 18.2 Å². The molecule has 4 heteroatoms. The summed E-state index contributed by atoms with van der Waals surface area (Å²) in [4.78, 5) is 12.4. The Morgan fingerprint density at radius 3 is 2.20 bits per heavy atom. The molecule has 3 nitrogen and oxygen atoms in total. The number of Topliss-reactive ketones (excluding diaryl/α,β-unsaturated/α-hetero) is 1. The van der Waals surface area contributed by atoms with Crippen molar-refractivity contribution in [1.29, 1.82) is 0 Å². The third-order valence-corrected chi connectivity index (χ3v) is 3.28. The largest absolute Gasteiger partial charge is 0.507 e. The number of para-hydroxylation sites is 1. The van der Waals surface area contributed by atoms with Gasteiger partial charge >= 0.3 is 0 Å². The number of rotatable bonds is 2. The molecule has 96 valence electrons. The minimum absolute atomic E-state index is 0. The summed E-state index contributed by atoms with van der Waals surface area (Å²) in [6.07, 6.45) is 1.61. The summed E-state index contributed by atoms with van der Waals surface area (Å²) in [6.45, 7) is 0. The average Bonchev–Trinajstić information content (AvgIpc) is 2.46. The molecule has 0 saturated carbocycles. The Morgan fingerprint density at radius 2 is 1.50 bits per heavy atom. The summed E-state index contributed by atoms with van der Waals surface area (Å²) in [5.74, 6) is 0.199. The molecule has 0 amide bonds. The molecule has 3 rings (SSSR count). The molecule has 0 saturated heterocycles. The molecule has 3 N–H and O–H groups in total.